The monoisotopic (exact) mass is 268 g/mol. The third kappa shape index (κ3) is 3.80. The lowest BCUT2D eigenvalue weighted by Gasteiger charge is -2.26. The Hall–Kier alpha value is -0.900. The van der Waals surface area contributed by atoms with Crippen LogP contribution < -0.4 is 4.90 Å². The van der Waals surface area contributed by atoms with E-state index in [2.05, 4.69) is 44.5 Å². The summed E-state index contributed by atoms with van der Waals surface area (Å²) in [5.41, 5.74) is 1.17. The summed E-state index contributed by atoms with van der Waals surface area (Å²) in [6, 6.07) is 0. The van der Waals surface area contributed by atoms with Crippen molar-refractivity contribution >= 4 is 22.8 Å². The highest BCUT2D eigenvalue weighted by Crippen LogP contribution is 2.31. The Morgan fingerprint density at radius 1 is 1.44 bits per heavy atom. The molecule has 102 valence electrons. The summed E-state index contributed by atoms with van der Waals surface area (Å²) in [4.78, 5) is 18.7. The molecular formula is C14H24N2OS. The summed E-state index contributed by atoms with van der Waals surface area (Å²) >= 11 is 1.50. The molecule has 0 aromatic carbocycles. The number of hydrogen-bond acceptors (Lipinski definition) is 4. The van der Waals surface area contributed by atoms with Crippen LogP contribution in [0.15, 0.2) is 0 Å². The smallest absolute Gasteiger partial charge is 0.185 e. The molecule has 0 spiro atoms. The predicted octanol–water partition coefficient (Wildman–Crippen LogP) is 3.95. The van der Waals surface area contributed by atoms with Gasteiger partial charge in [0, 0.05) is 13.6 Å². The lowest BCUT2D eigenvalue weighted by molar-refractivity contribution is 0.112. The summed E-state index contributed by atoms with van der Waals surface area (Å²) in [5, 5.41) is 0.947. The zero-order valence-corrected chi connectivity index (χ0v) is 13.1. The average molecular weight is 268 g/mol. The van der Waals surface area contributed by atoms with Crippen molar-refractivity contribution in [2.45, 2.75) is 47.0 Å². The van der Waals surface area contributed by atoms with Gasteiger partial charge in [0.1, 0.15) is 0 Å². The molecule has 18 heavy (non-hydrogen) atoms. The molecule has 1 aromatic heterocycles. The fraction of sp³-hybridized carbons (Fsp3) is 0.714. The van der Waals surface area contributed by atoms with E-state index in [9.17, 15) is 4.79 Å². The van der Waals surface area contributed by atoms with Crippen LogP contribution in [0.25, 0.3) is 0 Å². The maximum absolute atomic E-state index is 11.1. The van der Waals surface area contributed by atoms with Crippen LogP contribution in [-0.2, 0) is 0 Å². The highest BCUT2D eigenvalue weighted by Gasteiger charge is 2.20. The molecule has 0 bridgehead atoms. The Balaban J connectivity index is 2.97. The number of anilines is 1. The summed E-state index contributed by atoms with van der Waals surface area (Å²) in [5.74, 6) is 0.346. The maximum atomic E-state index is 11.1. The second kappa shape index (κ2) is 5.83. The number of carbonyl (C=O) groups excluding carboxylic acids is 1. The number of aldehydes is 1. The van der Waals surface area contributed by atoms with E-state index in [1.54, 1.807) is 0 Å². The van der Waals surface area contributed by atoms with E-state index >= 15 is 0 Å². The largest absolute Gasteiger partial charge is 0.351 e. The second-order valence-corrected chi connectivity index (χ2v) is 7.10. The molecule has 1 atom stereocenters. The number of nitrogens with zero attached hydrogens (tertiary/aromatic N) is 2. The van der Waals surface area contributed by atoms with Crippen LogP contribution in [0, 0.1) is 5.41 Å². The Labute approximate surface area is 114 Å². The Kier molecular flexibility index (Phi) is 4.91. The number of carbonyl (C=O) groups is 1. The molecule has 0 aliphatic carbocycles. The molecule has 1 aromatic rings. The van der Waals surface area contributed by atoms with Crippen LogP contribution >= 0.6 is 11.3 Å². The van der Waals surface area contributed by atoms with E-state index in [-0.39, 0.29) is 5.41 Å². The van der Waals surface area contributed by atoms with Crippen molar-refractivity contribution in [2.75, 3.05) is 18.5 Å². The number of aromatic nitrogens is 1. The minimum Gasteiger partial charge on any atom is -0.351 e. The third-order valence-electron chi connectivity index (χ3n) is 2.89. The molecular weight excluding hydrogens is 244 g/mol. The predicted molar refractivity (Wildman–Crippen MR) is 78.9 cm³/mol. The maximum Gasteiger partial charge on any atom is 0.185 e. The van der Waals surface area contributed by atoms with Crippen LogP contribution in [0.5, 0.6) is 0 Å². The highest BCUT2D eigenvalue weighted by molar-refractivity contribution is 7.17. The molecule has 0 saturated carbocycles. The van der Waals surface area contributed by atoms with Crippen molar-refractivity contribution in [3.05, 3.63) is 10.6 Å². The number of rotatable bonds is 5. The van der Waals surface area contributed by atoms with Gasteiger partial charge >= 0.3 is 0 Å². The molecule has 0 amide bonds. The van der Waals surface area contributed by atoms with E-state index in [1.165, 1.54) is 11.3 Å². The zero-order valence-electron chi connectivity index (χ0n) is 12.3. The normalized spacial score (nSPS) is 13.4. The molecule has 1 rings (SSSR count). The Bertz CT molecular complexity index is 406. The van der Waals surface area contributed by atoms with Crippen molar-refractivity contribution in [2.24, 2.45) is 5.41 Å². The summed E-state index contributed by atoms with van der Waals surface area (Å²) in [6.07, 6.45) is 1.95. The molecule has 3 nitrogen and oxygen atoms in total. The summed E-state index contributed by atoms with van der Waals surface area (Å²) in [7, 11) is 2.04. The highest BCUT2D eigenvalue weighted by atomic mass is 32.1. The van der Waals surface area contributed by atoms with Crippen LogP contribution in [0.4, 0.5) is 5.13 Å². The van der Waals surface area contributed by atoms with Gasteiger partial charge in [-0.1, -0.05) is 46.0 Å². The molecule has 1 unspecified atom stereocenters. The minimum atomic E-state index is 0.221. The number of thiazole rings is 1. The van der Waals surface area contributed by atoms with E-state index in [1.807, 2.05) is 7.05 Å². The fourth-order valence-corrected chi connectivity index (χ4v) is 2.87. The lowest BCUT2D eigenvalue weighted by Crippen LogP contribution is -2.28. The topological polar surface area (TPSA) is 33.2 Å². The van der Waals surface area contributed by atoms with Gasteiger partial charge in [-0.05, 0) is 17.8 Å². The van der Waals surface area contributed by atoms with E-state index in [0.717, 1.165) is 35.0 Å². The Morgan fingerprint density at radius 3 is 2.50 bits per heavy atom. The molecule has 0 saturated heterocycles. The van der Waals surface area contributed by atoms with Crippen molar-refractivity contribution in [3.63, 3.8) is 0 Å². The first-order valence-electron chi connectivity index (χ1n) is 6.45. The summed E-state index contributed by atoms with van der Waals surface area (Å²) < 4.78 is 0. The lowest BCUT2D eigenvalue weighted by atomic mass is 9.96. The molecule has 1 heterocycles. The van der Waals surface area contributed by atoms with Gasteiger partial charge < -0.3 is 4.90 Å². The zero-order chi connectivity index (χ0) is 13.9. The quantitative estimate of drug-likeness (QED) is 0.758. The second-order valence-electron chi connectivity index (χ2n) is 6.09. The van der Waals surface area contributed by atoms with Crippen LogP contribution in [0.1, 0.15) is 62.3 Å². The van der Waals surface area contributed by atoms with Crippen molar-refractivity contribution in [1.82, 2.24) is 4.98 Å². The van der Waals surface area contributed by atoms with Gasteiger partial charge in [-0.15, -0.1) is 0 Å². The van der Waals surface area contributed by atoms with Crippen LogP contribution in [-0.4, -0.2) is 24.9 Å². The van der Waals surface area contributed by atoms with Gasteiger partial charge in [0.25, 0.3) is 0 Å². The first-order valence-corrected chi connectivity index (χ1v) is 7.27. The number of hydrogen-bond donors (Lipinski definition) is 0. The van der Waals surface area contributed by atoms with Gasteiger partial charge in [0.15, 0.2) is 11.4 Å². The fourth-order valence-electron chi connectivity index (χ4n) is 1.90. The third-order valence-corrected chi connectivity index (χ3v) is 4.00. The molecule has 4 heteroatoms. The van der Waals surface area contributed by atoms with Gasteiger partial charge in [0.05, 0.1) is 10.6 Å². The molecule has 0 aliphatic heterocycles. The molecule has 0 radical (unpaired) electrons. The van der Waals surface area contributed by atoms with Gasteiger partial charge in [-0.3, -0.25) is 4.79 Å². The van der Waals surface area contributed by atoms with Gasteiger partial charge in [0.2, 0.25) is 0 Å². The summed E-state index contributed by atoms with van der Waals surface area (Å²) in [6.45, 7) is 11.8. The van der Waals surface area contributed by atoms with Crippen LogP contribution in [0.3, 0.4) is 0 Å². The average Bonchev–Trinajstić information content (AvgIpc) is 2.69. The standard InChI is InChI=1S/C14H24N2OS/c1-7-10(2)12-11(8-17)18-13(15-12)16(6)9-14(3,4)5/h8,10H,7,9H2,1-6H3. The molecule has 0 N–H and O–H groups in total. The molecule has 0 fully saturated rings. The van der Waals surface area contributed by atoms with Crippen LogP contribution in [0.2, 0.25) is 0 Å². The van der Waals surface area contributed by atoms with Crippen molar-refractivity contribution < 1.29 is 4.79 Å². The van der Waals surface area contributed by atoms with E-state index < -0.39 is 0 Å². The SMILES string of the molecule is CCC(C)c1nc(N(C)CC(C)(C)C)sc1C=O. The van der Waals surface area contributed by atoms with Gasteiger partial charge in [-0.25, -0.2) is 4.98 Å². The van der Waals surface area contributed by atoms with E-state index in [0.29, 0.717) is 5.92 Å². The van der Waals surface area contributed by atoms with E-state index in [4.69, 9.17) is 0 Å². The first kappa shape index (κ1) is 15.2. The first-order chi connectivity index (χ1) is 8.28. The minimum absolute atomic E-state index is 0.221. The van der Waals surface area contributed by atoms with Gasteiger partial charge in [-0.2, -0.15) is 0 Å². The van der Waals surface area contributed by atoms with Crippen molar-refractivity contribution in [3.8, 4) is 0 Å². The molecule has 0 aliphatic rings. The Morgan fingerprint density at radius 2 is 2.06 bits per heavy atom. The van der Waals surface area contributed by atoms with Crippen molar-refractivity contribution in [1.29, 1.82) is 0 Å².